The van der Waals surface area contributed by atoms with E-state index in [9.17, 15) is 48.8 Å². The molecule has 2 unspecified atom stereocenters. The molecule has 17 nitrogen and oxygen atoms in total. The number of aromatic nitrogens is 2. The van der Waals surface area contributed by atoms with E-state index in [0.29, 0.717) is 42.2 Å². The van der Waals surface area contributed by atoms with Crippen LogP contribution in [0.1, 0.15) is 64.6 Å². The number of aryl methyl sites for hydroxylation is 1. The SMILES string of the molecule is Cc1cn([C@H]2CC(O)[C@@H](COP(=O)(O)OCCCCCCNC(=O)c3ccc(C(=O)O)c(-c4c5ccc(=O)cc-5oc5cc(O)ccc45)c3)O2)c(=O)[nH]c1=O. The van der Waals surface area contributed by atoms with Gasteiger partial charge in [0.25, 0.3) is 11.5 Å². The summed E-state index contributed by atoms with van der Waals surface area (Å²) in [7, 11) is -4.50. The number of aromatic hydroxyl groups is 1. The number of phosphoric ester groups is 1. The number of carboxylic acids is 1. The van der Waals surface area contributed by atoms with Crippen LogP contribution < -0.4 is 22.0 Å². The van der Waals surface area contributed by atoms with E-state index >= 15 is 0 Å². The van der Waals surface area contributed by atoms with Gasteiger partial charge in [-0.2, -0.15) is 0 Å². The molecule has 2 aromatic carbocycles. The van der Waals surface area contributed by atoms with Crippen LogP contribution in [0, 0.1) is 6.92 Å². The number of H-pyrrole nitrogens is 1. The highest BCUT2D eigenvalue weighted by atomic mass is 31.2. The first-order valence-corrected chi connectivity index (χ1v) is 18.8. The number of nitrogens with zero attached hydrogens (tertiary/aromatic N) is 1. The van der Waals surface area contributed by atoms with Gasteiger partial charge in [-0.1, -0.05) is 12.8 Å². The lowest BCUT2D eigenvalue weighted by molar-refractivity contribution is -0.0465. The number of carboxylic acid groups (broad SMARTS) is 1. The minimum absolute atomic E-state index is 0.00825. The summed E-state index contributed by atoms with van der Waals surface area (Å²) in [5.41, 5.74) is 0.0763. The minimum atomic E-state index is -4.50. The summed E-state index contributed by atoms with van der Waals surface area (Å²) in [5.74, 6) is -1.59. The number of hydrogen-bond donors (Lipinski definition) is 6. The third-order valence-corrected chi connectivity index (χ3v) is 10.1. The van der Waals surface area contributed by atoms with Crippen LogP contribution in [0.15, 0.2) is 79.6 Å². The fourth-order valence-electron chi connectivity index (χ4n) is 6.33. The average molecular weight is 780 g/mol. The Labute approximate surface area is 311 Å². The molecular weight excluding hydrogens is 741 g/mol. The number of aromatic amines is 1. The summed E-state index contributed by atoms with van der Waals surface area (Å²) in [6, 6.07) is 12.7. The quantitative estimate of drug-likeness (QED) is 0.0501. The van der Waals surface area contributed by atoms with Gasteiger partial charge in [0.2, 0.25) is 0 Å². The molecule has 18 heteroatoms. The number of phenolic OH excluding ortho intramolecular Hbond substituents is 1. The van der Waals surface area contributed by atoms with Gasteiger partial charge in [0.15, 0.2) is 5.43 Å². The largest absolute Gasteiger partial charge is 0.508 e. The number of unbranched alkanes of at least 4 members (excludes halogenated alkanes) is 3. The molecule has 6 rings (SSSR count). The van der Waals surface area contributed by atoms with Crippen molar-refractivity contribution in [1.29, 1.82) is 0 Å². The predicted octanol–water partition coefficient (Wildman–Crippen LogP) is 3.90. The van der Waals surface area contributed by atoms with Gasteiger partial charge in [0.1, 0.15) is 29.4 Å². The van der Waals surface area contributed by atoms with E-state index in [2.05, 4.69) is 10.3 Å². The molecule has 3 aromatic rings. The van der Waals surface area contributed by atoms with Crippen LogP contribution in [0.25, 0.3) is 33.4 Å². The molecule has 0 radical (unpaired) electrons. The van der Waals surface area contributed by atoms with Crippen LogP contribution in [-0.2, 0) is 18.3 Å². The molecule has 3 aliphatic rings. The van der Waals surface area contributed by atoms with Gasteiger partial charge in [0, 0.05) is 58.9 Å². The van der Waals surface area contributed by atoms with Crippen LogP contribution in [0.2, 0.25) is 0 Å². The summed E-state index contributed by atoms with van der Waals surface area (Å²) in [6.07, 6.45) is 0.438. The molecule has 3 heterocycles. The highest BCUT2D eigenvalue weighted by Crippen LogP contribution is 2.45. The molecule has 1 aliphatic carbocycles. The van der Waals surface area contributed by atoms with E-state index < -0.39 is 56.0 Å². The lowest BCUT2D eigenvalue weighted by atomic mass is 9.89. The Morgan fingerprint density at radius 2 is 1.78 bits per heavy atom. The fraction of sp³-hybridized carbons (Fsp3) is 0.324. The van der Waals surface area contributed by atoms with E-state index in [-0.39, 0.29) is 64.3 Å². The molecular formula is C37H38N3O14P. The first kappa shape index (κ1) is 39.3. The second kappa shape index (κ2) is 16.5. The lowest BCUT2D eigenvalue weighted by Crippen LogP contribution is -2.33. The van der Waals surface area contributed by atoms with Crippen molar-refractivity contribution in [1.82, 2.24) is 14.9 Å². The number of aliphatic hydroxyl groups is 1. The molecule has 55 heavy (non-hydrogen) atoms. The minimum Gasteiger partial charge on any atom is -0.508 e. The number of aromatic carboxylic acids is 1. The highest BCUT2D eigenvalue weighted by molar-refractivity contribution is 7.47. The standard InChI is InChI=1S/C37H38N3O14P/c1-20-18-40(37(48)39-34(20)44)32-17-28(43)31(54-32)19-52-55(49,50)51-13-5-3-2-4-12-38-35(45)21-6-9-24(36(46)47)27(14-21)33-25-10-7-22(41)15-29(25)53-30-16-23(42)8-11-26(30)33/h6-11,14-16,18,28,31-32,41,43H,2-5,12-13,17,19H2,1H3,(H,38,45)(H,46,47)(H,49,50)(H,39,44,48)/t28?,31-,32-/m1/s1. The van der Waals surface area contributed by atoms with Gasteiger partial charge in [-0.05, 0) is 67.8 Å². The Morgan fingerprint density at radius 1 is 1.00 bits per heavy atom. The zero-order chi connectivity index (χ0) is 39.4. The summed E-state index contributed by atoms with van der Waals surface area (Å²) >= 11 is 0. The molecule has 2 aliphatic heterocycles. The maximum absolute atomic E-state index is 13.2. The molecule has 1 aromatic heterocycles. The van der Waals surface area contributed by atoms with Gasteiger partial charge < -0.3 is 34.7 Å². The number of aliphatic hydroxyl groups excluding tert-OH is 1. The number of rotatable bonds is 15. The third kappa shape index (κ3) is 9.11. The van der Waals surface area contributed by atoms with Crippen LogP contribution in [0.5, 0.6) is 5.75 Å². The summed E-state index contributed by atoms with van der Waals surface area (Å²) in [4.78, 5) is 73.7. The maximum Gasteiger partial charge on any atom is 0.472 e. The average Bonchev–Trinajstić information content (AvgIpc) is 3.51. The Balaban J connectivity index is 0.981. The normalized spacial score (nSPS) is 18.1. The van der Waals surface area contributed by atoms with E-state index in [0.717, 1.165) is 4.57 Å². The topological polar surface area (TPSA) is 257 Å². The van der Waals surface area contributed by atoms with E-state index in [4.69, 9.17) is 18.2 Å². The fourth-order valence-corrected chi connectivity index (χ4v) is 7.10. The molecule has 290 valence electrons. The van der Waals surface area contributed by atoms with Gasteiger partial charge in [0.05, 0.1) is 24.9 Å². The number of hydrogen-bond acceptors (Lipinski definition) is 12. The molecule has 1 fully saturated rings. The molecule has 0 saturated carbocycles. The predicted molar refractivity (Wildman–Crippen MR) is 196 cm³/mol. The van der Waals surface area contributed by atoms with Crippen LogP contribution in [0.3, 0.4) is 0 Å². The van der Waals surface area contributed by atoms with Gasteiger partial charge in [-0.25, -0.2) is 14.2 Å². The second-order valence-corrected chi connectivity index (χ2v) is 14.5. The molecule has 1 saturated heterocycles. The Morgan fingerprint density at radius 3 is 2.56 bits per heavy atom. The summed E-state index contributed by atoms with van der Waals surface area (Å²) < 4.78 is 35.1. The van der Waals surface area contributed by atoms with Crippen molar-refractivity contribution < 1.29 is 52.6 Å². The van der Waals surface area contributed by atoms with Crippen LogP contribution >= 0.6 is 7.82 Å². The molecule has 0 bridgehead atoms. The smallest absolute Gasteiger partial charge is 0.472 e. The first-order chi connectivity index (χ1) is 26.2. The molecule has 4 atom stereocenters. The summed E-state index contributed by atoms with van der Waals surface area (Å²) in [6.45, 7) is 1.21. The number of phenols is 1. The van der Waals surface area contributed by atoms with Crippen molar-refractivity contribution in [2.45, 2.75) is 57.5 Å². The number of fused-ring (bicyclic) bond motifs is 2. The van der Waals surface area contributed by atoms with Gasteiger partial charge >= 0.3 is 19.5 Å². The molecule has 6 N–H and O–H groups in total. The van der Waals surface area contributed by atoms with Crippen molar-refractivity contribution >= 4 is 30.7 Å². The number of carbonyl (C=O) groups is 2. The van der Waals surface area contributed by atoms with E-state index in [1.165, 1.54) is 61.7 Å². The molecule has 0 spiro atoms. The number of phosphoric acid groups is 1. The van der Waals surface area contributed by atoms with Crippen molar-refractivity contribution in [3.63, 3.8) is 0 Å². The zero-order valence-electron chi connectivity index (χ0n) is 29.4. The Hall–Kier alpha value is -5.42. The molecule has 1 amide bonds. The Kier molecular flexibility index (Phi) is 11.8. The number of ether oxygens (including phenoxy) is 1. The number of nitrogens with one attached hydrogen (secondary N) is 2. The third-order valence-electron chi connectivity index (χ3n) is 9.13. The number of benzene rings is 3. The zero-order valence-corrected chi connectivity index (χ0v) is 30.3. The number of carbonyl (C=O) groups excluding carboxylic acids is 1. The van der Waals surface area contributed by atoms with Crippen molar-refractivity contribution in [2.75, 3.05) is 19.8 Å². The monoisotopic (exact) mass is 779 g/mol. The van der Waals surface area contributed by atoms with Crippen LogP contribution in [-0.4, -0.2) is 73.6 Å². The van der Waals surface area contributed by atoms with Gasteiger partial charge in [-0.3, -0.25) is 33.0 Å². The Bertz CT molecular complexity index is 2440. The lowest BCUT2D eigenvalue weighted by Gasteiger charge is -2.18. The number of amides is 1. The van der Waals surface area contributed by atoms with Gasteiger partial charge in [-0.15, -0.1) is 0 Å². The highest BCUT2D eigenvalue weighted by Gasteiger charge is 2.37. The van der Waals surface area contributed by atoms with Crippen molar-refractivity contribution in [3.05, 3.63) is 109 Å². The van der Waals surface area contributed by atoms with E-state index in [1.807, 2.05) is 0 Å². The summed E-state index contributed by atoms with van der Waals surface area (Å²) in [5, 5.41) is 33.7. The first-order valence-electron chi connectivity index (χ1n) is 17.3. The maximum atomic E-state index is 13.2. The second-order valence-electron chi connectivity index (χ2n) is 13.1. The van der Waals surface area contributed by atoms with Crippen molar-refractivity contribution in [3.8, 4) is 28.2 Å². The van der Waals surface area contributed by atoms with E-state index in [1.54, 1.807) is 6.07 Å². The van der Waals surface area contributed by atoms with Crippen molar-refractivity contribution in [2.24, 2.45) is 0 Å². The van der Waals surface area contributed by atoms with Crippen LogP contribution in [0.4, 0.5) is 0 Å².